The second-order valence-corrected chi connectivity index (χ2v) is 16.3. The number of carbonyl (C=O) groups is 4. The largest absolute Gasteiger partial charge is 0.458 e. The number of nitrogens with zero attached hydrogens (tertiary/aromatic N) is 1. The summed E-state index contributed by atoms with van der Waals surface area (Å²) in [5.41, 5.74) is 2.45. The van der Waals surface area contributed by atoms with Gasteiger partial charge in [0.2, 0.25) is 0 Å². The molecule has 3 aliphatic heterocycles. The van der Waals surface area contributed by atoms with E-state index in [1.165, 1.54) is 0 Å². The summed E-state index contributed by atoms with van der Waals surface area (Å²) in [5.74, 6) is -4.57. The molecule has 12 nitrogen and oxygen atoms in total. The minimum Gasteiger partial charge on any atom is -0.458 e. The number of ketones is 1. The van der Waals surface area contributed by atoms with Gasteiger partial charge in [-0.15, -0.1) is 0 Å². The van der Waals surface area contributed by atoms with Crippen molar-refractivity contribution in [1.29, 1.82) is 0 Å². The summed E-state index contributed by atoms with van der Waals surface area (Å²) in [4.78, 5) is 55.7. The maximum absolute atomic E-state index is 14.2. The summed E-state index contributed by atoms with van der Waals surface area (Å²) >= 11 is 0. The second-order valence-electron chi connectivity index (χ2n) is 15.5. The maximum atomic E-state index is 14.2. The summed E-state index contributed by atoms with van der Waals surface area (Å²) in [5, 5.41) is 0. The molecule has 3 fully saturated rings. The van der Waals surface area contributed by atoms with Gasteiger partial charge in [-0.25, -0.2) is 4.79 Å². The third-order valence-corrected chi connectivity index (χ3v) is 12.2. The first-order chi connectivity index (χ1) is 22.2. The summed E-state index contributed by atoms with van der Waals surface area (Å²) in [7, 11) is 3.65. The van der Waals surface area contributed by atoms with Gasteiger partial charge in [0.05, 0.1) is 18.4 Å². The van der Waals surface area contributed by atoms with Crippen LogP contribution in [0.2, 0.25) is 0 Å². The molecule has 0 aromatic rings. The molecule has 3 saturated heterocycles. The zero-order valence-electron chi connectivity index (χ0n) is 30.9. The Kier molecular flexibility index (Phi) is 13.3. The Morgan fingerprint density at radius 2 is 1.71 bits per heavy atom. The van der Waals surface area contributed by atoms with Crippen LogP contribution in [-0.2, 0) is 42.6 Å². The zero-order valence-corrected chi connectivity index (χ0v) is 31.8. The quantitative estimate of drug-likeness (QED) is 0.206. The minimum atomic E-state index is -1.49. The van der Waals surface area contributed by atoms with E-state index in [0.29, 0.717) is 12.8 Å². The molecular weight excluding hydrogens is 639 g/mol. The number of esters is 2. The van der Waals surface area contributed by atoms with Gasteiger partial charge in [0, 0.05) is 23.8 Å². The lowest BCUT2D eigenvalue weighted by atomic mass is 9.67. The topological polar surface area (TPSA) is 161 Å². The number of carbonyl (C=O) groups excluding carboxylic acids is 4. The van der Waals surface area contributed by atoms with Crippen molar-refractivity contribution in [3.63, 3.8) is 0 Å². The molecule has 0 saturated carbocycles. The van der Waals surface area contributed by atoms with Crippen LogP contribution in [0.3, 0.4) is 0 Å². The molecule has 0 bridgehead atoms. The molecule has 0 spiro atoms. The van der Waals surface area contributed by atoms with Crippen LogP contribution >= 0.6 is 8.46 Å². The molecule has 14 unspecified atom stereocenters. The molecule has 0 aromatic heterocycles. The lowest BCUT2D eigenvalue weighted by Crippen LogP contribution is -2.59. The monoisotopic (exact) mass is 698 g/mol. The first-order valence-electron chi connectivity index (χ1n) is 17.5. The van der Waals surface area contributed by atoms with Crippen molar-refractivity contribution in [3.8, 4) is 0 Å². The van der Waals surface area contributed by atoms with Crippen molar-refractivity contribution in [3.05, 3.63) is 0 Å². The van der Waals surface area contributed by atoms with Gasteiger partial charge < -0.3 is 34.3 Å². The third-order valence-electron chi connectivity index (χ3n) is 11.4. The Morgan fingerprint density at radius 1 is 1.08 bits per heavy atom. The number of fused-ring (bicyclic) bond motifs is 1. The average molecular weight is 699 g/mol. The first kappa shape index (κ1) is 40.3. The number of hydrogen-bond donors (Lipinski definition) is 1. The SMILES string of the molecule is CCC1OC(=O)C(C)C(C(C)C)C(C)C(OC2OC(C)CC(N(C)C)C2P=O)C(C)(OC(N)=O)CC(C)C(=O)C(C)C2CC(=O)OC12C. The Morgan fingerprint density at radius 3 is 2.23 bits per heavy atom. The summed E-state index contributed by atoms with van der Waals surface area (Å²) in [6.45, 7) is 18.5. The van der Waals surface area contributed by atoms with Gasteiger partial charge in [-0.3, -0.25) is 18.9 Å². The number of hydrogen-bond acceptors (Lipinski definition) is 11. The molecule has 2 N–H and O–H groups in total. The van der Waals surface area contributed by atoms with Crippen LogP contribution < -0.4 is 5.73 Å². The van der Waals surface area contributed by atoms with Crippen molar-refractivity contribution in [2.24, 2.45) is 47.2 Å². The van der Waals surface area contributed by atoms with Crippen molar-refractivity contribution < 1.29 is 47.4 Å². The van der Waals surface area contributed by atoms with E-state index in [9.17, 15) is 23.7 Å². The van der Waals surface area contributed by atoms with Gasteiger partial charge in [0.25, 0.3) is 0 Å². The van der Waals surface area contributed by atoms with E-state index in [4.69, 9.17) is 29.4 Å². The Bertz CT molecular complexity index is 1200. The molecule has 3 heterocycles. The van der Waals surface area contributed by atoms with E-state index >= 15 is 0 Å². The highest BCUT2D eigenvalue weighted by atomic mass is 31.1. The summed E-state index contributed by atoms with van der Waals surface area (Å²) in [6.07, 6.45) is -2.91. The number of Topliss-reactive ketones (excluding diaryl/α,β-unsaturated/α-hetero) is 1. The van der Waals surface area contributed by atoms with Crippen LogP contribution in [0.1, 0.15) is 94.9 Å². The van der Waals surface area contributed by atoms with Crippen LogP contribution in [0.5, 0.6) is 0 Å². The molecular formula is C35H59N2O10P. The molecule has 13 heteroatoms. The van der Waals surface area contributed by atoms with Gasteiger partial charge >= 0.3 is 18.0 Å². The Labute approximate surface area is 288 Å². The number of ether oxygens (including phenoxy) is 5. The molecule has 48 heavy (non-hydrogen) atoms. The smallest absolute Gasteiger partial charge is 0.405 e. The van der Waals surface area contributed by atoms with Gasteiger partial charge in [-0.2, -0.15) is 0 Å². The Balaban J connectivity index is 2.24. The molecule has 3 rings (SSSR count). The standard InChI is InChI=1S/C35H59N2O10P/c1-13-25-35(10)23(15-26(38)46-35)20(6)28(39)18(4)16-34(9,47-33(36)41)30(21(7)27(17(2)3)22(8)31(40)44-25)45-32-29(48-42)24(37(11)12)14-19(5)43-32/h17-25,27,29-30,32H,13-16H2,1-12H3,(H2,36,41). The van der Waals surface area contributed by atoms with Crippen LogP contribution in [0.15, 0.2) is 0 Å². The van der Waals surface area contributed by atoms with Crippen molar-refractivity contribution in [2.45, 2.75) is 142 Å². The fourth-order valence-corrected chi connectivity index (χ4v) is 9.89. The first-order valence-corrected chi connectivity index (χ1v) is 18.3. The third kappa shape index (κ3) is 8.24. The summed E-state index contributed by atoms with van der Waals surface area (Å²) < 4.78 is 43.9. The lowest BCUT2D eigenvalue weighted by molar-refractivity contribution is -0.262. The molecule has 1 amide bonds. The fourth-order valence-electron chi connectivity index (χ4n) is 9.12. The molecule has 3 aliphatic rings. The highest BCUT2D eigenvalue weighted by molar-refractivity contribution is 7.24. The van der Waals surface area contributed by atoms with Gasteiger partial charge in [-0.1, -0.05) is 48.5 Å². The number of nitrogens with two attached hydrogens (primary N) is 1. The van der Waals surface area contributed by atoms with Crippen LogP contribution in [0, 0.1) is 41.4 Å². The van der Waals surface area contributed by atoms with Crippen LogP contribution in [0.25, 0.3) is 0 Å². The number of cyclic esters (lactones) is 1. The molecule has 0 aliphatic carbocycles. The predicted molar refractivity (Wildman–Crippen MR) is 179 cm³/mol. The predicted octanol–water partition coefficient (Wildman–Crippen LogP) is 5.38. The minimum absolute atomic E-state index is 0.00618. The van der Waals surface area contributed by atoms with Gasteiger partial charge in [-0.05, 0) is 71.9 Å². The van der Waals surface area contributed by atoms with Gasteiger partial charge in [0.15, 0.2) is 14.8 Å². The van der Waals surface area contributed by atoms with E-state index in [1.54, 1.807) is 34.6 Å². The van der Waals surface area contributed by atoms with Crippen molar-refractivity contribution in [1.82, 2.24) is 4.90 Å². The van der Waals surface area contributed by atoms with Crippen LogP contribution in [-0.4, -0.2) is 90.3 Å². The van der Waals surface area contributed by atoms with Gasteiger partial charge in [0.1, 0.15) is 34.9 Å². The molecule has 0 radical (unpaired) electrons. The normalized spacial score (nSPS) is 43.4. The summed E-state index contributed by atoms with van der Waals surface area (Å²) in [6, 6.07) is -0.136. The Hall–Kier alpha value is -2.14. The molecule has 274 valence electrons. The van der Waals surface area contributed by atoms with Crippen molar-refractivity contribution >= 4 is 32.3 Å². The van der Waals surface area contributed by atoms with E-state index in [-0.39, 0.29) is 51.1 Å². The maximum Gasteiger partial charge on any atom is 0.405 e. The lowest BCUT2D eigenvalue weighted by Gasteiger charge is -2.49. The molecule has 0 aromatic carbocycles. The van der Waals surface area contributed by atoms with Crippen LogP contribution in [0.4, 0.5) is 4.79 Å². The highest BCUT2D eigenvalue weighted by Crippen LogP contribution is 2.47. The highest BCUT2D eigenvalue weighted by Gasteiger charge is 2.57. The van der Waals surface area contributed by atoms with Crippen molar-refractivity contribution in [2.75, 3.05) is 14.1 Å². The van der Waals surface area contributed by atoms with E-state index in [0.717, 1.165) is 0 Å². The second kappa shape index (κ2) is 15.8. The van der Waals surface area contributed by atoms with E-state index < -0.39 is 83.0 Å². The number of amides is 1. The van der Waals surface area contributed by atoms with E-state index in [2.05, 4.69) is 0 Å². The zero-order chi connectivity index (χ0) is 36.5. The number of primary amides is 1. The fraction of sp³-hybridized carbons (Fsp3) is 0.886. The average Bonchev–Trinajstić information content (AvgIpc) is 3.30. The molecule has 14 atom stereocenters. The number of rotatable bonds is 7. The van der Waals surface area contributed by atoms with E-state index in [1.807, 2.05) is 53.6 Å².